The van der Waals surface area contributed by atoms with Gasteiger partial charge in [-0.1, -0.05) is 32.0 Å². The molecule has 2 aliphatic heterocycles. The van der Waals surface area contributed by atoms with E-state index in [1.54, 1.807) is 32.2 Å². The van der Waals surface area contributed by atoms with Crippen molar-refractivity contribution in [1.29, 1.82) is 0 Å². The molecule has 5 rings (SSSR count). The van der Waals surface area contributed by atoms with Crippen molar-refractivity contribution in [2.24, 2.45) is 5.41 Å². The first-order valence-corrected chi connectivity index (χ1v) is 12.1. The molecule has 0 radical (unpaired) electrons. The molecular weight excluding hydrogens is 477 g/mol. The number of nitrogens with zero attached hydrogens (tertiary/aromatic N) is 3. The third kappa shape index (κ3) is 4.60. The highest BCUT2D eigenvalue weighted by Gasteiger charge is 2.45. The fourth-order valence-corrected chi connectivity index (χ4v) is 4.79. The highest BCUT2D eigenvalue weighted by atomic mass is 19.1. The average molecular weight is 506 g/mol. The van der Waals surface area contributed by atoms with Crippen LogP contribution < -0.4 is 20.3 Å². The Balaban J connectivity index is 1.52. The van der Waals surface area contributed by atoms with Gasteiger partial charge in [0.2, 0.25) is 11.8 Å². The normalized spacial score (nSPS) is 16.8. The Kier molecular flexibility index (Phi) is 6.51. The van der Waals surface area contributed by atoms with Crippen molar-refractivity contribution in [2.75, 3.05) is 38.3 Å². The summed E-state index contributed by atoms with van der Waals surface area (Å²) in [5, 5.41) is 4.73. The lowest BCUT2D eigenvalue weighted by Crippen LogP contribution is -2.47. The molecule has 3 aromatic rings. The molecule has 1 saturated heterocycles. The Morgan fingerprint density at radius 2 is 1.86 bits per heavy atom. The van der Waals surface area contributed by atoms with Gasteiger partial charge in [0, 0.05) is 48.9 Å². The number of benzene rings is 1. The van der Waals surface area contributed by atoms with Crippen LogP contribution in [0, 0.1) is 11.2 Å². The van der Waals surface area contributed by atoms with Crippen LogP contribution in [0.2, 0.25) is 0 Å². The molecular formula is C27H28FN5O4. The summed E-state index contributed by atoms with van der Waals surface area (Å²) in [6, 6.07) is 11.5. The van der Waals surface area contributed by atoms with Crippen molar-refractivity contribution in [2.45, 2.75) is 19.8 Å². The van der Waals surface area contributed by atoms with E-state index in [1.807, 2.05) is 24.3 Å². The molecule has 0 saturated carbocycles. The van der Waals surface area contributed by atoms with Crippen LogP contribution in [0.4, 0.5) is 15.0 Å². The molecule has 0 unspecified atom stereocenters. The van der Waals surface area contributed by atoms with Crippen LogP contribution in [0.15, 0.2) is 48.7 Å². The molecule has 0 aliphatic carbocycles. The number of amides is 3. The average Bonchev–Trinajstić information content (AvgIpc) is 2.92. The van der Waals surface area contributed by atoms with Gasteiger partial charge in [-0.05, 0) is 24.3 Å². The van der Waals surface area contributed by atoms with E-state index in [9.17, 15) is 14.0 Å². The van der Waals surface area contributed by atoms with Crippen LogP contribution in [-0.2, 0) is 9.53 Å². The molecule has 9 nitrogen and oxygen atoms in total. The molecule has 1 atom stereocenters. The number of halogens is 1. The summed E-state index contributed by atoms with van der Waals surface area (Å²) in [5.41, 5.74) is 1.37. The summed E-state index contributed by atoms with van der Waals surface area (Å²) in [7, 11) is 1.43. The van der Waals surface area contributed by atoms with Crippen molar-refractivity contribution in [3.05, 3.63) is 65.6 Å². The minimum Gasteiger partial charge on any atom is -0.435 e. The van der Waals surface area contributed by atoms with Crippen molar-refractivity contribution in [3.8, 4) is 22.9 Å². The molecule has 0 bridgehead atoms. The van der Waals surface area contributed by atoms with Gasteiger partial charge in [-0.25, -0.2) is 19.2 Å². The number of rotatable bonds is 4. The Morgan fingerprint density at radius 3 is 2.57 bits per heavy atom. The smallest absolute Gasteiger partial charge is 0.321 e. The number of hydrogen-bond acceptors (Lipinski definition) is 7. The van der Waals surface area contributed by atoms with Crippen LogP contribution in [0.3, 0.4) is 0 Å². The monoisotopic (exact) mass is 505 g/mol. The van der Waals surface area contributed by atoms with Crippen molar-refractivity contribution < 1.29 is 23.5 Å². The van der Waals surface area contributed by atoms with Crippen LogP contribution in [0.5, 0.6) is 11.6 Å². The fraction of sp³-hybridized carbons (Fsp3) is 0.333. The maximum Gasteiger partial charge on any atom is 0.321 e. The van der Waals surface area contributed by atoms with E-state index in [4.69, 9.17) is 14.5 Å². The van der Waals surface area contributed by atoms with E-state index in [0.29, 0.717) is 30.0 Å². The molecule has 0 spiro atoms. The number of morpholine rings is 1. The largest absolute Gasteiger partial charge is 0.435 e. The van der Waals surface area contributed by atoms with Crippen molar-refractivity contribution in [1.82, 2.24) is 20.6 Å². The lowest BCUT2D eigenvalue weighted by Gasteiger charge is -2.37. The second-order valence-electron chi connectivity index (χ2n) is 9.54. The molecule has 2 aliphatic rings. The minimum atomic E-state index is -1.14. The van der Waals surface area contributed by atoms with Gasteiger partial charge in [0.05, 0.1) is 24.3 Å². The van der Waals surface area contributed by atoms with E-state index in [-0.39, 0.29) is 11.6 Å². The Labute approximate surface area is 214 Å². The zero-order chi connectivity index (χ0) is 26.2. The van der Waals surface area contributed by atoms with E-state index >= 15 is 0 Å². The molecule has 3 amide bonds. The fourth-order valence-electron chi connectivity index (χ4n) is 4.79. The van der Waals surface area contributed by atoms with Crippen molar-refractivity contribution in [3.63, 3.8) is 0 Å². The molecule has 4 heterocycles. The summed E-state index contributed by atoms with van der Waals surface area (Å²) < 4.78 is 26.3. The van der Waals surface area contributed by atoms with E-state index < -0.39 is 29.1 Å². The van der Waals surface area contributed by atoms with E-state index in [2.05, 4.69) is 20.5 Å². The molecule has 10 heteroatoms. The second kappa shape index (κ2) is 9.78. The van der Waals surface area contributed by atoms with Gasteiger partial charge in [0.1, 0.15) is 5.82 Å². The Bertz CT molecular complexity index is 1340. The number of ether oxygens (including phenoxy) is 2. The summed E-state index contributed by atoms with van der Waals surface area (Å²) in [6.45, 7) is 6.33. The molecule has 1 fully saturated rings. The molecule has 37 heavy (non-hydrogen) atoms. The SMILES string of the molecule is CNC(=O)NC(=O)C(C)(C)[C@@H]1c2ccc(-c3ccc(N4CCOCC4)nc3)nc2Oc2c(F)cccc21. The van der Waals surface area contributed by atoms with Gasteiger partial charge < -0.3 is 19.7 Å². The summed E-state index contributed by atoms with van der Waals surface area (Å²) in [5.74, 6) is -0.591. The number of fused-ring (bicyclic) bond motifs is 2. The van der Waals surface area contributed by atoms with Crippen LogP contribution in [0.1, 0.15) is 30.9 Å². The third-order valence-corrected chi connectivity index (χ3v) is 6.85. The minimum absolute atomic E-state index is 0.0197. The number of carbonyl (C=O) groups excluding carboxylic acids is 2. The van der Waals surface area contributed by atoms with Gasteiger partial charge in [0.15, 0.2) is 11.6 Å². The predicted molar refractivity (Wildman–Crippen MR) is 135 cm³/mol. The lowest BCUT2D eigenvalue weighted by molar-refractivity contribution is -0.128. The second-order valence-corrected chi connectivity index (χ2v) is 9.54. The number of hydrogen-bond donors (Lipinski definition) is 2. The summed E-state index contributed by atoms with van der Waals surface area (Å²) >= 11 is 0. The van der Waals surface area contributed by atoms with Gasteiger partial charge >= 0.3 is 6.03 Å². The van der Waals surface area contributed by atoms with Crippen LogP contribution >= 0.6 is 0 Å². The van der Waals surface area contributed by atoms with Gasteiger partial charge in [0.25, 0.3) is 0 Å². The zero-order valence-electron chi connectivity index (χ0n) is 20.9. The first-order chi connectivity index (χ1) is 17.8. The summed E-state index contributed by atoms with van der Waals surface area (Å²) in [4.78, 5) is 36.5. The number of para-hydroxylation sites is 1. The molecule has 1 aromatic carbocycles. The quantitative estimate of drug-likeness (QED) is 0.555. The first-order valence-electron chi connectivity index (χ1n) is 12.1. The predicted octanol–water partition coefficient (Wildman–Crippen LogP) is 3.84. The zero-order valence-corrected chi connectivity index (χ0v) is 20.9. The van der Waals surface area contributed by atoms with Gasteiger partial charge in [-0.15, -0.1) is 0 Å². The first kappa shape index (κ1) is 24.6. The molecule has 2 aromatic heterocycles. The number of imide groups is 1. The van der Waals surface area contributed by atoms with Gasteiger partial charge in [-0.2, -0.15) is 0 Å². The number of carbonyl (C=O) groups is 2. The van der Waals surface area contributed by atoms with Crippen LogP contribution in [0.25, 0.3) is 11.3 Å². The maximum absolute atomic E-state index is 14.9. The number of anilines is 1. The molecule has 2 N–H and O–H groups in total. The lowest BCUT2D eigenvalue weighted by atomic mass is 9.69. The Hall–Kier alpha value is -4.05. The topological polar surface area (TPSA) is 106 Å². The maximum atomic E-state index is 14.9. The van der Waals surface area contributed by atoms with E-state index in [1.165, 1.54) is 13.1 Å². The molecule has 192 valence electrons. The Morgan fingerprint density at radius 1 is 1.08 bits per heavy atom. The highest BCUT2D eigenvalue weighted by molar-refractivity contribution is 5.97. The van der Waals surface area contributed by atoms with Gasteiger partial charge in [-0.3, -0.25) is 10.1 Å². The number of urea groups is 1. The number of pyridine rings is 2. The summed E-state index contributed by atoms with van der Waals surface area (Å²) in [6.07, 6.45) is 1.75. The highest BCUT2D eigenvalue weighted by Crippen LogP contribution is 2.52. The standard InChI is InChI=1S/C27H28FN5O4/c1-27(2,25(34)32-26(35)29-3)22-17-5-4-6-19(28)23(17)37-24-18(22)8-9-20(31-24)16-7-10-21(30-15-16)33-11-13-36-14-12-33/h4-10,15,22H,11-14H2,1-3H3,(H2,29,32,34,35)/t22-/m0/s1. The number of aromatic nitrogens is 2. The van der Waals surface area contributed by atoms with Crippen molar-refractivity contribution >= 4 is 17.8 Å². The third-order valence-electron chi connectivity index (χ3n) is 6.85. The van der Waals surface area contributed by atoms with E-state index in [0.717, 1.165) is 24.5 Å². The van der Waals surface area contributed by atoms with Crippen LogP contribution in [-0.4, -0.2) is 55.3 Å². The number of nitrogens with one attached hydrogen (secondary N) is 2.